The minimum Gasteiger partial charge on any atom is -0.497 e. The van der Waals surface area contributed by atoms with Gasteiger partial charge < -0.3 is 20.3 Å². The van der Waals surface area contributed by atoms with Crippen LogP contribution in [0.1, 0.15) is 18.4 Å². The highest BCUT2D eigenvalue weighted by Gasteiger charge is 2.27. The van der Waals surface area contributed by atoms with Crippen LogP contribution >= 0.6 is 0 Å². The number of carbonyl (C=O) groups is 2. The summed E-state index contributed by atoms with van der Waals surface area (Å²) < 4.78 is 5.21. The molecule has 0 atom stereocenters. The van der Waals surface area contributed by atoms with Gasteiger partial charge in [-0.05, 0) is 60.9 Å². The first-order valence-corrected chi connectivity index (χ1v) is 11.5. The molecule has 0 saturated carbocycles. The normalized spacial score (nSPS) is 14.1. The van der Waals surface area contributed by atoms with Crippen LogP contribution < -0.4 is 15.4 Å². The number of carbonyl (C=O) groups excluding carboxylic acids is 2. The molecule has 0 aliphatic carbocycles. The third kappa shape index (κ3) is 6.04. The molecule has 0 unspecified atom stereocenters. The summed E-state index contributed by atoms with van der Waals surface area (Å²) >= 11 is 0. The second-order valence-corrected chi connectivity index (χ2v) is 8.23. The molecular formula is C28H29N3O3. The molecule has 174 valence electrons. The van der Waals surface area contributed by atoms with Gasteiger partial charge in [0.1, 0.15) is 5.75 Å². The van der Waals surface area contributed by atoms with Crippen molar-refractivity contribution < 1.29 is 14.3 Å². The molecule has 3 aromatic carbocycles. The first kappa shape index (κ1) is 23.1. The maximum atomic E-state index is 13.0. The van der Waals surface area contributed by atoms with Crippen LogP contribution in [0.4, 0.5) is 17.1 Å². The number of rotatable bonds is 7. The van der Waals surface area contributed by atoms with Gasteiger partial charge >= 0.3 is 0 Å². The molecule has 2 amide bonds. The summed E-state index contributed by atoms with van der Waals surface area (Å²) in [6, 6.07) is 25.0. The third-order valence-corrected chi connectivity index (χ3v) is 5.95. The minimum atomic E-state index is -0.129. The Balaban J connectivity index is 1.32. The molecule has 1 saturated heterocycles. The van der Waals surface area contributed by atoms with E-state index >= 15 is 0 Å². The van der Waals surface area contributed by atoms with Gasteiger partial charge in [-0.3, -0.25) is 9.59 Å². The Morgan fingerprint density at radius 1 is 0.882 bits per heavy atom. The van der Waals surface area contributed by atoms with E-state index in [0.29, 0.717) is 25.9 Å². The molecule has 4 rings (SSSR count). The number of nitrogens with zero attached hydrogens (tertiary/aromatic N) is 1. The number of hydrogen-bond acceptors (Lipinski definition) is 4. The zero-order valence-corrected chi connectivity index (χ0v) is 19.2. The number of methoxy groups -OCH3 is 1. The van der Waals surface area contributed by atoms with Crippen LogP contribution in [0, 0.1) is 5.92 Å². The summed E-state index contributed by atoms with van der Waals surface area (Å²) in [6.07, 6.45) is 4.72. The monoisotopic (exact) mass is 455 g/mol. The smallest absolute Gasteiger partial charge is 0.246 e. The molecule has 0 aromatic heterocycles. The second kappa shape index (κ2) is 11.2. The summed E-state index contributed by atoms with van der Waals surface area (Å²) in [5, 5.41) is 6.42. The Morgan fingerprint density at radius 3 is 2.21 bits per heavy atom. The van der Waals surface area contributed by atoms with E-state index in [1.165, 1.54) is 0 Å². The number of piperidine rings is 1. The minimum absolute atomic E-state index is 0.0169. The Morgan fingerprint density at radius 2 is 1.53 bits per heavy atom. The van der Waals surface area contributed by atoms with Gasteiger partial charge in [0.05, 0.1) is 18.5 Å². The van der Waals surface area contributed by atoms with Crippen molar-refractivity contribution in [1.29, 1.82) is 0 Å². The predicted octanol–water partition coefficient (Wildman–Crippen LogP) is 5.33. The summed E-state index contributed by atoms with van der Waals surface area (Å²) in [7, 11) is 1.63. The van der Waals surface area contributed by atoms with E-state index < -0.39 is 0 Å². The second-order valence-electron chi connectivity index (χ2n) is 8.23. The average molecular weight is 456 g/mol. The molecule has 6 nitrogen and oxygen atoms in total. The number of amides is 2. The van der Waals surface area contributed by atoms with Gasteiger partial charge in [-0.2, -0.15) is 0 Å². The molecule has 0 spiro atoms. The Labute approximate surface area is 200 Å². The predicted molar refractivity (Wildman–Crippen MR) is 136 cm³/mol. The van der Waals surface area contributed by atoms with E-state index in [0.717, 1.165) is 28.4 Å². The summed E-state index contributed by atoms with van der Waals surface area (Å²) in [5.41, 5.74) is 3.44. The molecule has 1 aliphatic heterocycles. The lowest BCUT2D eigenvalue weighted by molar-refractivity contribution is -0.130. The van der Waals surface area contributed by atoms with Gasteiger partial charge in [0.2, 0.25) is 11.8 Å². The maximum Gasteiger partial charge on any atom is 0.246 e. The van der Waals surface area contributed by atoms with Gasteiger partial charge in [-0.25, -0.2) is 0 Å². The van der Waals surface area contributed by atoms with Crippen LogP contribution in [0.25, 0.3) is 6.08 Å². The van der Waals surface area contributed by atoms with Crippen molar-refractivity contribution >= 4 is 35.0 Å². The Bertz CT molecular complexity index is 1140. The van der Waals surface area contributed by atoms with Crippen LogP contribution in [-0.4, -0.2) is 36.9 Å². The van der Waals surface area contributed by atoms with E-state index in [-0.39, 0.29) is 17.7 Å². The number of likely N-dealkylation sites (tertiary alicyclic amines) is 1. The van der Waals surface area contributed by atoms with Gasteiger partial charge in [0.15, 0.2) is 0 Å². The van der Waals surface area contributed by atoms with Gasteiger partial charge in [-0.15, -0.1) is 0 Å². The zero-order chi connectivity index (χ0) is 23.8. The Kier molecular flexibility index (Phi) is 7.60. The van der Waals surface area contributed by atoms with E-state index in [4.69, 9.17) is 4.74 Å². The number of benzene rings is 3. The fraction of sp³-hybridized carbons (Fsp3) is 0.214. The molecular weight excluding hydrogens is 426 g/mol. The molecule has 3 aromatic rings. The molecule has 1 heterocycles. The van der Waals surface area contributed by atoms with Crippen LogP contribution in [0.5, 0.6) is 5.75 Å². The fourth-order valence-corrected chi connectivity index (χ4v) is 3.96. The zero-order valence-electron chi connectivity index (χ0n) is 19.2. The lowest BCUT2D eigenvalue weighted by Gasteiger charge is -2.30. The van der Waals surface area contributed by atoms with E-state index in [9.17, 15) is 9.59 Å². The highest BCUT2D eigenvalue weighted by Crippen LogP contribution is 2.28. The Hall–Kier alpha value is -4.06. The van der Waals surface area contributed by atoms with Crippen molar-refractivity contribution in [2.75, 3.05) is 30.8 Å². The van der Waals surface area contributed by atoms with Crippen molar-refractivity contribution in [2.45, 2.75) is 12.8 Å². The van der Waals surface area contributed by atoms with Crippen molar-refractivity contribution in [3.63, 3.8) is 0 Å². The van der Waals surface area contributed by atoms with E-state index in [1.54, 1.807) is 13.2 Å². The fourth-order valence-electron chi connectivity index (χ4n) is 3.96. The van der Waals surface area contributed by atoms with Gasteiger partial charge in [0, 0.05) is 30.8 Å². The molecule has 1 aliphatic rings. The maximum absolute atomic E-state index is 13.0. The lowest BCUT2D eigenvalue weighted by atomic mass is 9.95. The number of hydrogen-bond donors (Lipinski definition) is 2. The lowest BCUT2D eigenvalue weighted by Crippen LogP contribution is -2.40. The molecule has 6 heteroatoms. The SMILES string of the molecule is COc1ccc(Nc2ccccc2NC(=O)C2CCN(C(=O)C=Cc3ccccc3)CC2)cc1. The van der Waals surface area contributed by atoms with Gasteiger partial charge in [-0.1, -0.05) is 42.5 Å². The van der Waals surface area contributed by atoms with Crippen molar-refractivity contribution in [2.24, 2.45) is 5.92 Å². The largest absolute Gasteiger partial charge is 0.497 e. The van der Waals surface area contributed by atoms with Crippen molar-refractivity contribution in [3.05, 3.63) is 90.5 Å². The quantitative estimate of drug-likeness (QED) is 0.473. The number of para-hydroxylation sites is 2. The topological polar surface area (TPSA) is 70.7 Å². The average Bonchev–Trinajstić information content (AvgIpc) is 2.89. The number of ether oxygens (including phenoxy) is 1. The van der Waals surface area contributed by atoms with Crippen molar-refractivity contribution in [1.82, 2.24) is 4.90 Å². The standard InChI is InChI=1S/C28H29N3O3/c1-34-24-14-12-23(13-15-24)29-25-9-5-6-10-26(25)30-28(33)22-17-19-31(20-18-22)27(32)16-11-21-7-3-2-4-8-21/h2-16,22,29H,17-20H2,1H3,(H,30,33). The van der Waals surface area contributed by atoms with E-state index in [1.807, 2.05) is 89.8 Å². The molecule has 2 N–H and O–H groups in total. The molecule has 1 fully saturated rings. The highest BCUT2D eigenvalue weighted by atomic mass is 16.5. The highest BCUT2D eigenvalue weighted by molar-refractivity contribution is 5.97. The third-order valence-electron chi connectivity index (χ3n) is 5.95. The number of nitrogens with one attached hydrogen (secondary N) is 2. The summed E-state index contributed by atoms with van der Waals surface area (Å²) in [4.78, 5) is 27.3. The molecule has 0 bridgehead atoms. The van der Waals surface area contributed by atoms with Crippen LogP contribution in [0.15, 0.2) is 84.9 Å². The number of anilines is 3. The van der Waals surface area contributed by atoms with Crippen LogP contribution in [-0.2, 0) is 9.59 Å². The summed E-state index contributed by atoms with van der Waals surface area (Å²) in [5.74, 6) is 0.622. The van der Waals surface area contributed by atoms with Crippen molar-refractivity contribution in [3.8, 4) is 5.75 Å². The van der Waals surface area contributed by atoms with Crippen LogP contribution in [0.2, 0.25) is 0 Å². The summed E-state index contributed by atoms with van der Waals surface area (Å²) in [6.45, 7) is 1.14. The molecule has 0 radical (unpaired) electrons. The van der Waals surface area contributed by atoms with E-state index in [2.05, 4.69) is 10.6 Å². The van der Waals surface area contributed by atoms with Gasteiger partial charge in [0.25, 0.3) is 0 Å². The first-order valence-electron chi connectivity index (χ1n) is 11.5. The first-order chi connectivity index (χ1) is 16.6. The van der Waals surface area contributed by atoms with Crippen LogP contribution in [0.3, 0.4) is 0 Å². The molecule has 34 heavy (non-hydrogen) atoms.